The minimum atomic E-state index is -3.41. The summed E-state index contributed by atoms with van der Waals surface area (Å²) in [6.45, 7) is 3.51. The highest BCUT2D eigenvalue weighted by Crippen LogP contribution is 2.26. The molecule has 1 unspecified atom stereocenters. The second kappa shape index (κ2) is 10.3. The molecule has 0 radical (unpaired) electrons. The molecule has 1 fully saturated rings. The fourth-order valence-corrected chi connectivity index (χ4v) is 5.56. The molecule has 4 aromatic rings. The molecule has 1 aliphatic heterocycles. The molecule has 2 aromatic heterocycles. The van der Waals surface area contributed by atoms with Gasteiger partial charge in [0, 0.05) is 35.9 Å². The van der Waals surface area contributed by atoms with Crippen LogP contribution in [-0.2, 0) is 16.6 Å². The first-order chi connectivity index (χ1) is 17.8. The van der Waals surface area contributed by atoms with Crippen molar-refractivity contribution in [2.24, 2.45) is 0 Å². The Morgan fingerprint density at radius 3 is 2.81 bits per heavy atom. The van der Waals surface area contributed by atoms with Gasteiger partial charge < -0.3 is 15.4 Å². The third kappa shape index (κ3) is 5.79. The fourth-order valence-electron chi connectivity index (χ4n) is 4.47. The smallest absolute Gasteiger partial charge is 0.330 e. The number of nitrogens with one attached hydrogen (secondary N) is 2. The van der Waals surface area contributed by atoms with Crippen LogP contribution in [0.5, 0.6) is 11.6 Å². The highest BCUT2D eigenvalue weighted by atomic mass is 32.2. The van der Waals surface area contributed by atoms with Gasteiger partial charge in [-0.15, -0.1) is 0 Å². The predicted octanol–water partition coefficient (Wildman–Crippen LogP) is 3.74. The molecular weight excluding hydrogens is 492 g/mol. The Balaban J connectivity index is 1.31. The monoisotopic (exact) mass is 520 g/mol. The third-order valence-electron chi connectivity index (χ3n) is 6.26. The molecule has 2 aromatic carbocycles. The first-order valence-corrected chi connectivity index (χ1v) is 13.8. The minimum absolute atomic E-state index is 0.108. The molecule has 1 aliphatic rings. The lowest BCUT2D eigenvalue weighted by molar-refractivity contribution is 0.254. The summed E-state index contributed by atoms with van der Waals surface area (Å²) in [6, 6.07) is 16.1. The van der Waals surface area contributed by atoms with Crippen LogP contribution in [0.2, 0.25) is 0 Å². The average molecular weight is 521 g/mol. The summed E-state index contributed by atoms with van der Waals surface area (Å²) >= 11 is 0. The van der Waals surface area contributed by atoms with Gasteiger partial charge in [-0.2, -0.15) is 4.31 Å². The van der Waals surface area contributed by atoms with Crippen LogP contribution in [0.3, 0.4) is 0 Å². The van der Waals surface area contributed by atoms with Crippen LogP contribution in [0.15, 0.2) is 67.1 Å². The topological polar surface area (TPSA) is 118 Å². The zero-order valence-electron chi connectivity index (χ0n) is 20.6. The van der Waals surface area contributed by atoms with Crippen molar-refractivity contribution in [2.75, 3.05) is 24.7 Å². The van der Waals surface area contributed by atoms with Crippen LogP contribution < -0.4 is 15.4 Å². The number of aromatic nitrogens is 3. The quantitative estimate of drug-likeness (QED) is 0.381. The minimum Gasteiger partial charge on any atom is -0.439 e. The molecule has 0 saturated carbocycles. The lowest BCUT2D eigenvalue weighted by Gasteiger charge is -2.25. The second-order valence-corrected chi connectivity index (χ2v) is 11.0. The number of ether oxygens (including phenoxy) is 1. The SMILES string of the molecule is Cc1cccc(NC(=O)n2ccc3cc(Oc4cc(CN(C5CCNC5)S(C)(=O)=O)ncn4)ccc32)c1. The number of sulfonamides is 1. The number of hydrogen-bond donors (Lipinski definition) is 2. The number of benzene rings is 2. The number of carbonyl (C=O) groups excluding carboxylic acids is 1. The molecule has 0 bridgehead atoms. The van der Waals surface area contributed by atoms with Crippen LogP contribution in [0.25, 0.3) is 10.9 Å². The van der Waals surface area contributed by atoms with E-state index < -0.39 is 10.0 Å². The summed E-state index contributed by atoms with van der Waals surface area (Å²) in [5, 5.41) is 6.93. The molecule has 0 aliphatic carbocycles. The van der Waals surface area contributed by atoms with Gasteiger partial charge in [-0.1, -0.05) is 12.1 Å². The first-order valence-electron chi connectivity index (χ1n) is 11.9. The van der Waals surface area contributed by atoms with Gasteiger partial charge in [-0.25, -0.2) is 23.2 Å². The summed E-state index contributed by atoms with van der Waals surface area (Å²) in [6.07, 6.45) is 5.04. The van der Waals surface area contributed by atoms with Crippen LogP contribution in [-0.4, -0.2) is 58.7 Å². The van der Waals surface area contributed by atoms with E-state index in [1.54, 1.807) is 29.0 Å². The summed E-state index contributed by atoms with van der Waals surface area (Å²) in [5.41, 5.74) is 3.06. The predicted molar refractivity (Wildman–Crippen MR) is 141 cm³/mol. The lowest BCUT2D eigenvalue weighted by Crippen LogP contribution is -2.40. The Bertz CT molecular complexity index is 1550. The lowest BCUT2D eigenvalue weighted by atomic mass is 10.2. The highest BCUT2D eigenvalue weighted by Gasteiger charge is 2.29. The van der Waals surface area contributed by atoms with E-state index in [0.717, 1.165) is 35.1 Å². The van der Waals surface area contributed by atoms with Crippen molar-refractivity contribution in [3.8, 4) is 11.6 Å². The van der Waals surface area contributed by atoms with Gasteiger partial charge in [0.1, 0.15) is 12.1 Å². The Morgan fingerprint density at radius 1 is 1.19 bits per heavy atom. The van der Waals surface area contributed by atoms with Crippen LogP contribution in [0.1, 0.15) is 17.7 Å². The zero-order chi connectivity index (χ0) is 26.0. The van der Waals surface area contributed by atoms with Gasteiger partial charge in [0.15, 0.2) is 0 Å². The first kappa shape index (κ1) is 24.9. The van der Waals surface area contributed by atoms with Crippen molar-refractivity contribution in [3.63, 3.8) is 0 Å². The summed E-state index contributed by atoms with van der Waals surface area (Å²) < 4.78 is 33.7. The van der Waals surface area contributed by atoms with Crippen LogP contribution in [0, 0.1) is 6.92 Å². The van der Waals surface area contributed by atoms with Gasteiger partial charge in [0.25, 0.3) is 0 Å². The fraction of sp³-hybridized carbons (Fsp3) is 0.269. The van der Waals surface area contributed by atoms with Gasteiger partial charge in [-0.3, -0.25) is 4.57 Å². The largest absolute Gasteiger partial charge is 0.439 e. The summed E-state index contributed by atoms with van der Waals surface area (Å²) in [5.74, 6) is 0.841. The third-order valence-corrected chi connectivity index (χ3v) is 7.54. The molecular formula is C26H28N6O4S. The van der Waals surface area contributed by atoms with Gasteiger partial charge in [0.05, 0.1) is 24.0 Å². The van der Waals surface area contributed by atoms with E-state index in [4.69, 9.17) is 4.74 Å². The van der Waals surface area contributed by atoms with E-state index in [9.17, 15) is 13.2 Å². The standard InChI is InChI=1S/C26H28N6O4S/c1-18-4-3-5-20(12-18)30-26(33)31-11-9-19-13-23(6-7-24(19)31)36-25-14-21(28-17-29-25)16-32(37(2,34)35)22-8-10-27-15-22/h3-7,9,11-14,17,22,27H,8,10,15-16H2,1-2H3,(H,30,33). The van der Waals surface area contributed by atoms with E-state index >= 15 is 0 Å². The van der Waals surface area contributed by atoms with E-state index in [1.165, 1.54) is 16.9 Å². The molecule has 0 spiro atoms. The number of amides is 1. The molecule has 11 heteroatoms. The number of carbonyl (C=O) groups is 1. The maximum absolute atomic E-state index is 12.8. The van der Waals surface area contributed by atoms with Crippen LogP contribution >= 0.6 is 0 Å². The number of rotatable bonds is 7. The highest BCUT2D eigenvalue weighted by molar-refractivity contribution is 7.88. The number of hydrogen-bond acceptors (Lipinski definition) is 7. The van der Waals surface area contributed by atoms with Crippen molar-refractivity contribution in [1.82, 2.24) is 24.2 Å². The van der Waals surface area contributed by atoms with Crippen LogP contribution in [0.4, 0.5) is 10.5 Å². The van der Waals surface area contributed by atoms with Gasteiger partial charge >= 0.3 is 6.03 Å². The summed E-state index contributed by atoms with van der Waals surface area (Å²) in [4.78, 5) is 21.3. The maximum Gasteiger partial charge on any atom is 0.330 e. The number of aryl methyl sites for hydroxylation is 1. The Morgan fingerprint density at radius 2 is 2.05 bits per heavy atom. The molecule has 10 nitrogen and oxygen atoms in total. The van der Waals surface area contributed by atoms with Gasteiger partial charge in [0.2, 0.25) is 15.9 Å². The molecule has 1 amide bonds. The molecule has 3 heterocycles. The van der Waals surface area contributed by atoms with Crippen molar-refractivity contribution < 1.29 is 17.9 Å². The maximum atomic E-state index is 12.8. The van der Waals surface area contributed by atoms with E-state index in [0.29, 0.717) is 23.9 Å². The zero-order valence-corrected chi connectivity index (χ0v) is 21.4. The van der Waals surface area contributed by atoms with Crippen molar-refractivity contribution in [2.45, 2.75) is 25.9 Å². The molecule has 1 atom stereocenters. The molecule has 5 rings (SSSR count). The number of nitrogens with zero attached hydrogens (tertiary/aromatic N) is 4. The number of anilines is 1. The summed E-state index contributed by atoms with van der Waals surface area (Å²) in [7, 11) is -3.41. The molecule has 1 saturated heterocycles. The molecule has 37 heavy (non-hydrogen) atoms. The van der Waals surface area contributed by atoms with E-state index in [1.807, 2.05) is 43.3 Å². The Kier molecular flexibility index (Phi) is 6.92. The van der Waals surface area contributed by atoms with Gasteiger partial charge in [-0.05, 0) is 61.9 Å². The average Bonchev–Trinajstić information content (AvgIpc) is 3.52. The Labute approximate surface area is 215 Å². The van der Waals surface area contributed by atoms with Crippen molar-refractivity contribution in [3.05, 3.63) is 78.4 Å². The molecule has 192 valence electrons. The van der Waals surface area contributed by atoms with E-state index in [2.05, 4.69) is 20.6 Å². The number of fused-ring (bicyclic) bond motifs is 1. The molecule has 2 N–H and O–H groups in total. The van der Waals surface area contributed by atoms with Crippen molar-refractivity contribution in [1.29, 1.82) is 0 Å². The van der Waals surface area contributed by atoms with E-state index in [-0.39, 0.29) is 18.6 Å². The Hall–Kier alpha value is -3.80. The normalized spacial score (nSPS) is 15.8. The van der Waals surface area contributed by atoms with Crippen molar-refractivity contribution >= 4 is 32.6 Å². The second-order valence-electron chi connectivity index (χ2n) is 9.11.